The van der Waals surface area contributed by atoms with E-state index in [0.717, 1.165) is 6.42 Å². The quantitative estimate of drug-likeness (QED) is 0.335. The van der Waals surface area contributed by atoms with E-state index in [0.29, 0.717) is 6.42 Å². The van der Waals surface area contributed by atoms with Crippen LogP contribution in [0.4, 0.5) is 0 Å². The Hall–Kier alpha value is 1.19. The van der Waals surface area contributed by atoms with E-state index in [1.165, 1.54) is 0 Å². The standard InChI is InChI=1S/C8H16O4S.Na/c1-2-3-4-5(9)6(10)7(11)8(13)12-4;/h4-11,13H,2-3H2,1H3;/q;+1/p-1/t4?,5-,6?,7?,8-;/m0./s1. The first-order chi connectivity index (χ1) is 6.07. The van der Waals surface area contributed by atoms with E-state index in [2.05, 4.69) is 0 Å². The zero-order valence-corrected chi connectivity index (χ0v) is 11.3. The third-order valence-corrected chi connectivity index (χ3v) is 2.63. The van der Waals surface area contributed by atoms with Gasteiger partial charge in [0.2, 0.25) is 0 Å². The van der Waals surface area contributed by atoms with Crippen molar-refractivity contribution in [1.82, 2.24) is 0 Å². The van der Waals surface area contributed by atoms with Crippen LogP contribution in [0, 0.1) is 0 Å². The van der Waals surface area contributed by atoms with Gasteiger partial charge in [-0.15, -0.1) is 0 Å². The molecule has 1 aliphatic heterocycles. The monoisotopic (exact) mass is 230 g/mol. The van der Waals surface area contributed by atoms with Crippen LogP contribution in [0.1, 0.15) is 19.8 Å². The molecule has 0 aromatic rings. The van der Waals surface area contributed by atoms with Crippen LogP contribution in [0.5, 0.6) is 0 Å². The average Bonchev–Trinajstić information content (AvgIpc) is 2.11. The van der Waals surface area contributed by atoms with E-state index in [1.807, 2.05) is 6.92 Å². The normalized spacial score (nSPS) is 43.1. The zero-order valence-electron chi connectivity index (χ0n) is 8.46. The Kier molecular flexibility index (Phi) is 7.27. The first-order valence-electron chi connectivity index (χ1n) is 4.43. The Balaban J connectivity index is 0.00000169. The molecule has 5 atom stereocenters. The van der Waals surface area contributed by atoms with E-state index < -0.39 is 29.9 Å². The minimum atomic E-state index is -1.19. The molecule has 1 saturated heterocycles. The fourth-order valence-electron chi connectivity index (χ4n) is 1.44. The van der Waals surface area contributed by atoms with Crippen LogP contribution < -0.4 is 29.6 Å². The van der Waals surface area contributed by atoms with Crippen molar-refractivity contribution in [1.29, 1.82) is 0 Å². The van der Waals surface area contributed by atoms with Crippen molar-refractivity contribution >= 4 is 12.6 Å². The van der Waals surface area contributed by atoms with Gasteiger partial charge in [0.25, 0.3) is 0 Å². The molecule has 78 valence electrons. The molecule has 1 heterocycles. The van der Waals surface area contributed by atoms with Gasteiger partial charge in [-0.05, 0) is 11.9 Å². The molecule has 1 fully saturated rings. The van der Waals surface area contributed by atoms with Crippen LogP contribution >= 0.6 is 0 Å². The molecule has 6 heteroatoms. The van der Waals surface area contributed by atoms with Gasteiger partial charge in [0.15, 0.2) is 0 Å². The molecule has 0 aliphatic carbocycles. The van der Waals surface area contributed by atoms with E-state index in [4.69, 9.17) is 17.4 Å². The summed E-state index contributed by atoms with van der Waals surface area (Å²) in [5.41, 5.74) is -0.824. The van der Waals surface area contributed by atoms with Crippen molar-refractivity contribution in [3.63, 3.8) is 0 Å². The summed E-state index contributed by atoms with van der Waals surface area (Å²) in [4.78, 5) is 0. The van der Waals surface area contributed by atoms with Gasteiger partial charge in [0, 0.05) is 0 Å². The number of hydrogen-bond donors (Lipinski definition) is 3. The summed E-state index contributed by atoms with van der Waals surface area (Å²) in [6, 6.07) is 0. The molecule has 0 spiro atoms. The summed E-state index contributed by atoms with van der Waals surface area (Å²) in [5, 5.41) is 28.1. The first kappa shape index (κ1) is 15.2. The maximum absolute atomic E-state index is 9.48. The van der Waals surface area contributed by atoms with E-state index in [1.54, 1.807) is 0 Å². The SMILES string of the molecule is CCCC1O[C@@H]([S-])C(O)C(O)[C@H]1O.[Na+]. The molecular formula is C8H15NaO4S. The van der Waals surface area contributed by atoms with E-state index >= 15 is 0 Å². The molecule has 1 aliphatic rings. The molecule has 0 saturated carbocycles. The topological polar surface area (TPSA) is 69.9 Å². The smallest absolute Gasteiger partial charge is 0.759 e. The van der Waals surface area contributed by atoms with Gasteiger partial charge in [-0.2, -0.15) is 0 Å². The van der Waals surface area contributed by atoms with Crippen LogP contribution in [0.3, 0.4) is 0 Å². The number of hydrogen-bond acceptors (Lipinski definition) is 5. The largest absolute Gasteiger partial charge is 1.00 e. The van der Waals surface area contributed by atoms with Crippen molar-refractivity contribution in [2.24, 2.45) is 0 Å². The fraction of sp³-hybridized carbons (Fsp3) is 1.00. The zero-order chi connectivity index (χ0) is 10.0. The Morgan fingerprint density at radius 2 is 1.71 bits per heavy atom. The predicted molar refractivity (Wildman–Crippen MR) is 49.0 cm³/mol. The maximum atomic E-state index is 9.48. The first-order valence-corrected chi connectivity index (χ1v) is 4.90. The van der Waals surface area contributed by atoms with Crippen LogP contribution in [0.2, 0.25) is 0 Å². The Bertz CT molecular complexity index is 171. The van der Waals surface area contributed by atoms with Gasteiger partial charge < -0.3 is 32.7 Å². The summed E-state index contributed by atoms with van der Waals surface area (Å²) >= 11 is 4.79. The van der Waals surface area contributed by atoms with Gasteiger partial charge in [-0.1, -0.05) is 13.3 Å². The number of ether oxygens (including phenoxy) is 1. The summed E-state index contributed by atoms with van der Waals surface area (Å²) < 4.78 is 5.18. The van der Waals surface area contributed by atoms with Crippen molar-refractivity contribution < 1.29 is 49.6 Å². The van der Waals surface area contributed by atoms with E-state index in [-0.39, 0.29) is 29.6 Å². The molecule has 14 heavy (non-hydrogen) atoms. The van der Waals surface area contributed by atoms with Crippen molar-refractivity contribution in [2.45, 2.75) is 49.6 Å². The van der Waals surface area contributed by atoms with Crippen molar-refractivity contribution in [3.8, 4) is 0 Å². The van der Waals surface area contributed by atoms with Crippen LogP contribution in [-0.4, -0.2) is 45.2 Å². The Morgan fingerprint density at radius 3 is 2.21 bits per heavy atom. The molecule has 0 aromatic heterocycles. The van der Waals surface area contributed by atoms with Gasteiger partial charge in [-0.25, -0.2) is 0 Å². The summed E-state index contributed by atoms with van der Waals surface area (Å²) in [7, 11) is 0. The number of aliphatic hydroxyl groups excluding tert-OH is 3. The number of rotatable bonds is 2. The fourth-order valence-corrected chi connectivity index (χ4v) is 1.74. The van der Waals surface area contributed by atoms with Crippen LogP contribution in [0.15, 0.2) is 0 Å². The molecule has 3 unspecified atom stereocenters. The maximum Gasteiger partial charge on any atom is 1.00 e. The second kappa shape index (κ2) is 6.70. The molecule has 0 amide bonds. The van der Waals surface area contributed by atoms with Crippen LogP contribution in [0.25, 0.3) is 0 Å². The summed E-state index contributed by atoms with van der Waals surface area (Å²) in [6.07, 6.45) is -2.36. The number of aliphatic hydroxyl groups is 3. The summed E-state index contributed by atoms with van der Waals surface area (Å²) in [5.74, 6) is 0. The van der Waals surface area contributed by atoms with Crippen molar-refractivity contribution in [3.05, 3.63) is 0 Å². The summed E-state index contributed by atoms with van der Waals surface area (Å²) in [6.45, 7) is 1.95. The molecule has 4 nitrogen and oxygen atoms in total. The molecule has 0 aromatic carbocycles. The molecule has 3 N–H and O–H groups in total. The third-order valence-electron chi connectivity index (χ3n) is 2.24. The van der Waals surface area contributed by atoms with E-state index in [9.17, 15) is 15.3 Å². The Labute approximate surface area is 111 Å². The third kappa shape index (κ3) is 3.35. The minimum absolute atomic E-state index is 0. The molecule has 0 bridgehead atoms. The second-order valence-electron chi connectivity index (χ2n) is 3.30. The van der Waals surface area contributed by atoms with Crippen molar-refractivity contribution in [2.75, 3.05) is 0 Å². The minimum Gasteiger partial charge on any atom is -0.759 e. The van der Waals surface area contributed by atoms with Gasteiger partial charge in [0.1, 0.15) is 12.2 Å². The predicted octanol–water partition coefficient (Wildman–Crippen LogP) is -3.85. The Morgan fingerprint density at radius 1 is 1.14 bits per heavy atom. The van der Waals surface area contributed by atoms with Gasteiger partial charge >= 0.3 is 29.6 Å². The molecular weight excluding hydrogens is 215 g/mol. The second-order valence-corrected chi connectivity index (χ2v) is 3.77. The average molecular weight is 230 g/mol. The molecule has 0 radical (unpaired) electrons. The van der Waals surface area contributed by atoms with Crippen LogP contribution in [-0.2, 0) is 17.4 Å². The molecule has 1 rings (SSSR count). The van der Waals surface area contributed by atoms with Gasteiger partial charge in [0.05, 0.1) is 12.2 Å². The van der Waals surface area contributed by atoms with Gasteiger partial charge in [-0.3, -0.25) is 0 Å².